The first-order valence-corrected chi connectivity index (χ1v) is 12.5. The van der Waals surface area contributed by atoms with Gasteiger partial charge >= 0.3 is 0 Å². The number of non-ortho nitro benzene ring substituents is 1. The molecule has 0 atom stereocenters. The van der Waals surface area contributed by atoms with Crippen molar-refractivity contribution < 1.29 is 4.92 Å². The van der Waals surface area contributed by atoms with Gasteiger partial charge in [0.25, 0.3) is 5.69 Å². The third-order valence-corrected chi connectivity index (χ3v) is 6.97. The first kappa shape index (κ1) is 23.2. The molecule has 10 heteroatoms. The number of nitrogens with one attached hydrogen (secondary N) is 2. The standard InChI is InChI=1S/C13H9N3O2S.C13H11N3S/c17-16(18)10-7-4-8-11-12(10)15-13(19-11)14-9-5-2-1-3-6-9;14-10-7-4-8-11-12(10)16-13(17-11)15-9-5-2-1-3-6-9/h1-8H,(H,14,15);1-8H,14H2,(H,15,16). The van der Waals surface area contributed by atoms with Crippen molar-refractivity contribution in [2.45, 2.75) is 0 Å². The topological polar surface area (TPSA) is 119 Å². The van der Waals surface area contributed by atoms with Gasteiger partial charge in [-0.25, -0.2) is 9.97 Å². The minimum Gasteiger partial charge on any atom is -0.397 e. The maximum atomic E-state index is 10.9. The van der Waals surface area contributed by atoms with E-state index in [0.29, 0.717) is 10.6 Å². The molecule has 0 aliphatic rings. The van der Waals surface area contributed by atoms with Gasteiger partial charge in [-0.15, -0.1) is 0 Å². The van der Waals surface area contributed by atoms with E-state index in [0.717, 1.165) is 37.1 Å². The van der Waals surface area contributed by atoms with Crippen LogP contribution in [0.3, 0.4) is 0 Å². The molecule has 0 aliphatic carbocycles. The van der Waals surface area contributed by atoms with Crippen LogP contribution in [0, 0.1) is 10.1 Å². The lowest BCUT2D eigenvalue weighted by Gasteiger charge is -2.00. The van der Waals surface area contributed by atoms with Crippen LogP contribution in [-0.2, 0) is 0 Å². The number of benzene rings is 4. The fourth-order valence-corrected chi connectivity index (χ4v) is 5.28. The monoisotopic (exact) mass is 512 g/mol. The van der Waals surface area contributed by atoms with E-state index in [1.807, 2.05) is 84.9 Å². The van der Waals surface area contributed by atoms with Crippen LogP contribution in [0.2, 0.25) is 0 Å². The normalized spacial score (nSPS) is 10.6. The smallest absolute Gasteiger partial charge is 0.296 e. The van der Waals surface area contributed by atoms with Crippen molar-refractivity contribution >= 4 is 76.1 Å². The molecule has 0 spiro atoms. The molecular weight excluding hydrogens is 492 g/mol. The molecule has 178 valence electrons. The van der Waals surface area contributed by atoms with Crippen molar-refractivity contribution in [3.8, 4) is 0 Å². The number of aromatic nitrogens is 2. The molecule has 0 saturated heterocycles. The minimum absolute atomic E-state index is 0.0369. The number of fused-ring (bicyclic) bond motifs is 2. The quantitative estimate of drug-likeness (QED) is 0.124. The second kappa shape index (κ2) is 10.4. The summed E-state index contributed by atoms with van der Waals surface area (Å²) in [5, 5.41) is 18.9. The summed E-state index contributed by atoms with van der Waals surface area (Å²) < 4.78 is 1.90. The lowest BCUT2D eigenvalue weighted by Crippen LogP contribution is -1.90. The molecule has 4 aromatic carbocycles. The Hall–Kier alpha value is -4.54. The van der Waals surface area contributed by atoms with Gasteiger partial charge in [0.05, 0.1) is 20.0 Å². The minimum atomic E-state index is -0.408. The molecule has 0 amide bonds. The van der Waals surface area contributed by atoms with Crippen LogP contribution >= 0.6 is 22.7 Å². The Morgan fingerprint density at radius 3 is 1.69 bits per heavy atom. The van der Waals surface area contributed by atoms with Crippen LogP contribution in [0.4, 0.5) is 33.0 Å². The van der Waals surface area contributed by atoms with Gasteiger partial charge in [-0.05, 0) is 42.5 Å². The molecule has 2 aromatic heterocycles. The van der Waals surface area contributed by atoms with Crippen molar-refractivity contribution in [2.24, 2.45) is 0 Å². The van der Waals surface area contributed by atoms with Gasteiger partial charge < -0.3 is 16.4 Å². The van der Waals surface area contributed by atoms with Crippen molar-refractivity contribution in [1.29, 1.82) is 0 Å². The van der Waals surface area contributed by atoms with Gasteiger partial charge in [0.15, 0.2) is 15.8 Å². The maximum Gasteiger partial charge on any atom is 0.296 e. The summed E-state index contributed by atoms with van der Waals surface area (Å²) >= 11 is 3.00. The van der Waals surface area contributed by atoms with Gasteiger partial charge in [-0.2, -0.15) is 0 Å². The number of nitrogens with zero attached hydrogens (tertiary/aromatic N) is 3. The SMILES string of the molecule is Nc1cccc2sc(Nc3ccccc3)nc12.O=[N+]([O-])c1cccc2sc(Nc3ccccc3)nc12. The Morgan fingerprint density at radius 1 is 0.667 bits per heavy atom. The van der Waals surface area contributed by atoms with Crippen molar-refractivity contribution in [2.75, 3.05) is 16.4 Å². The first-order chi connectivity index (χ1) is 17.6. The maximum absolute atomic E-state index is 10.9. The number of nitro groups is 1. The summed E-state index contributed by atoms with van der Waals surface area (Å²) in [7, 11) is 0. The lowest BCUT2D eigenvalue weighted by molar-refractivity contribution is -0.383. The van der Waals surface area contributed by atoms with Crippen LogP contribution < -0.4 is 16.4 Å². The predicted molar refractivity (Wildman–Crippen MR) is 150 cm³/mol. The molecule has 0 saturated carbocycles. The van der Waals surface area contributed by atoms with Crippen molar-refractivity contribution in [1.82, 2.24) is 9.97 Å². The zero-order valence-corrected chi connectivity index (χ0v) is 20.4. The Bertz CT molecular complexity index is 1630. The van der Waals surface area contributed by atoms with E-state index in [2.05, 4.69) is 20.6 Å². The molecule has 0 aliphatic heterocycles. The van der Waals surface area contributed by atoms with Crippen LogP contribution in [0.5, 0.6) is 0 Å². The van der Waals surface area contributed by atoms with E-state index >= 15 is 0 Å². The molecule has 6 aromatic rings. The summed E-state index contributed by atoms with van der Waals surface area (Å²) in [4.78, 5) is 19.3. The van der Waals surface area contributed by atoms with Crippen LogP contribution in [-0.4, -0.2) is 14.9 Å². The van der Waals surface area contributed by atoms with Gasteiger partial charge in [0.2, 0.25) is 0 Å². The fourth-order valence-electron chi connectivity index (χ4n) is 3.45. The molecule has 8 nitrogen and oxygen atoms in total. The highest BCUT2D eigenvalue weighted by Crippen LogP contribution is 2.33. The first-order valence-electron chi connectivity index (χ1n) is 10.9. The Morgan fingerprint density at radius 2 is 1.17 bits per heavy atom. The number of nitrogens with two attached hydrogens (primary N) is 1. The van der Waals surface area contributed by atoms with Crippen LogP contribution in [0.1, 0.15) is 0 Å². The zero-order chi connectivity index (χ0) is 24.9. The number of rotatable bonds is 5. The highest BCUT2D eigenvalue weighted by molar-refractivity contribution is 7.22. The largest absolute Gasteiger partial charge is 0.397 e. The Kier molecular flexibility index (Phi) is 6.69. The molecule has 6 rings (SSSR count). The van der Waals surface area contributed by atoms with Gasteiger partial charge in [0.1, 0.15) is 5.52 Å². The average Bonchev–Trinajstić information content (AvgIpc) is 3.49. The molecule has 36 heavy (non-hydrogen) atoms. The Labute approximate surface area is 214 Å². The summed E-state index contributed by atoms with van der Waals surface area (Å²) in [6, 6.07) is 30.4. The van der Waals surface area contributed by atoms with Gasteiger partial charge in [-0.3, -0.25) is 10.1 Å². The van der Waals surface area contributed by atoms with Gasteiger partial charge in [0, 0.05) is 17.4 Å². The van der Waals surface area contributed by atoms with E-state index in [1.165, 1.54) is 17.4 Å². The molecule has 4 N–H and O–H groups in total. The molecule has 0 bridgehead atoms. The third-order valence-electron chi connectivity index (χ3n) is 5.09. The summed E-state index contributed by atoms with van der Waals surface area (Å²) in [5.74, 6) is 0. The van der Waals surface area contributed by atoms with Crippen molar-refractivity contribution in [3.63, 3.8) is 0 Å². The Balaban J connectivity index is 0.000000149. The highest BCUT2D eigenvalue weighted by atomic mass is 32.1. The third kappa shape index (κ3) is 5.24. The molecule has 0 fully saturated rings. The van der Waals surface area contributed by atoms with E-state index in [4.69, 9.17) is 5.73 Å². The second-order valence-corrected chi connectivity index (χ2v) is 9.66. The summed E-state index contributed by atoms with van der Waals surface area (Å²) in [6.07, 6.45) is 0. The highest BCUT2D eigenvalue weighted by Gasteiger charge is 2.15. The average molecular weight is 513 g/mol. The second-order valence-electron chi connectivity index (χ2n) is 7.60. The number of nitrogen functional groups attached to an aromatic ring is 1. The fraction of sp³-hybridized carbons (Fsp3) is 0. The van der Waals surface area contributed by atoms with E-state index in [-0.39, 0.29) is 5.69 Å². The summed E-state index contributed by atoms with van der Waals surface area (Å²) in [6.45, 7) is 0. The predicted octanol–water partition coefficient (Wildman–Crippen LogP) is 7.57. The lowest BCUT2D eigenvalue weighted by atomic mass is 10.3. The van der Waals surface area contributed by atoms with E-state index < -0.39 is 4.92 Å². The van der Waals surface area contributed by atoms with Crippen LogP contribution in [0.25, 0.3) is 20.4 Å². The number of anilines is 5. The number of para-hydroxylation sites is 4. The number of hydrogen-bond acceptors (Lipinski definition) is 9. The van der Waals surface area contributed by atoms with E-state index in [1.54, 1.807) is 17.4 Å². The number of nitro benzene ring substituents is 1. The van der Waals surface area contributed by atoms with E-state index in [9.17, 15) is 10.1 Å². The van der Waals surface area contributed by atoms with Gasteiger partial charge in [-0.1, -0.05) is 71.2 Å². The number of hydrogen-bond donors (Lipinski definition) is 3. The molecule has 0 unspecified atom stereocenters. The zero-order valence-electron chi connectivity index (χ0n) is 18.8. The van der Waals surface area contributed by atoms with Crippen molar-refractivity contribution in [3.05, 3.63) is 107 Å². The molecule has 0 radical (unpaired) electrons. The summed E-state index contributed by atoms with van der Waals surface area (Å²) in [5.41, 5.74) is 9.88. The van der Waals surface area contributed by atoms with Crippen LogP contribution in [0.15, 0.2) is 97.1 Å². The molecular formula is C26H20N6O2S2. The molecule has 2 heterocycles. The number of thiazole rings is 2.